The molecule has 0 fully saturated rings. The Labute approximate surface area is 117 Å². The van der Waals surface area contributed by atoms with Crippen molar-refractivity contribution in [1.82, 2.24) is 9.97 Å². The Morgan fingerprint density at radius 2 is 2.00 bits per heavy atom. The molecule has 0 aliphatic heterocycles. The molecule has 8 heteroatoms. The minimum atomic E-state index is -1.27. The molecule has 0 bridgehead atoms. The number of rotatable bonds is 3. The van der Waals surface area contributed by atoms with Crippen LogP contribution in [0.25, 0.3) is 0 Å². The molecule has 0 saturated carbocycles. The summed E-state index contributed by atoms with van der Waals surface area (Å²) in [6.45, 7) is 0. The largest absolute Gasteiger partial charge is 0.477 e. The normalized spacial score (nSPS) is 10.2. The van der Waals surface area contributed by atoms with Crippen LogP contribution in [-0.2, 0) is 0 Å². The van der Waals surface area contributed by atoms with Crippen molar-refractivity contribution >= 4 is 40.8 Å². The molecule has 0 aliphatic carbocycles. The molecule has 0 radical (unpaired) electrons. The smallest absolute Gasteiger partial charge is 0.354 e. The third-order valence-corrected chi connectivity index (χ3v) is 2.98. The summed E-state index contributed by atoms with van der Waals surface area (Å²) >= 11 is 11.5. The van der Waals surface area contributed by atoms with E-state index in [-0.39, 0.29) is 16.4 Å². The van der Waals surface area contributed by atoms with Crippen LogP contribution in [0.1, 0.15) is 21.0 Å². The summed E-state index contributed by atoms with van der Waals surface area (Å²) in [5.74, 6) is -1.92. The van der Waals surface area contributed by atoms with E-state index in [1.807, 2.05) is 0 Å². The number of benzene rings is 1. The molecule has 0 saturated heterocycles. The number of halogens is 2. The molecule has 6 nitrogen and oxygen atoms in total. The van der Waals surface area contributed by atoms with Crippen LogP contribution in [0.2, 0.25) is 10.0 Å². The lowest BCUT2D eigenvalue weighted by Crippen LogP contribution is -2.16. The Morgan fingerprint density at radius 3 is 2.63 bits per heavy atom. The summed E-state index contributed by atoms with van der Waals surface area (Å²) in [6.07, 6.45) is 1.13. The number of carbonyl (C=O) groups excluding carboxylic acids is 1. The lowest BCUT2D eigenvalue weighted by Gasteiger charge is -2.05. The van der Waals surface area contributed by atoms with Gasteiger partial charge in [-0.2, -0.15) is 0 Å². The lowest BCUT2D eigenvalue weighted by atomic mass is 10.2. The number of carboxylic acids is 1. The fraction of sp³-hybridized carbons (Fsp3) is 0. The van der Waals surface area contributed by atoms with Crippen LogP contribution >= 0.6 is 23.2 Å². The van der Waals surface area contributed by atoms with E-state index in [9.17, 15) is 9.59 Å². The summed E-state index contributed by atoms with van der Waals surface area (Å²) in [6, 6.07) is 4.51. The number of hydrogen-bond donors (Lipinski definition) is 3. The molecule has 1 aromatic carbocycles. The van der Waals surface area contributed by atoms with Crippen LogP contribution in [0.4, 0.5) is 5.69 Å². The fourth-order valence-corrected chi connectivity index (χ4v) is 1.69. The molecular formula is C11H7Cl2N3O3. The number of aromatic nitrogens is 2. The zero-order chi connectivity index (χ0) is 14.0. The molecule has 19 heavy (non-hydrogen) atoms. The van der Waals surface area contributed by atoms with E-state index in [0.29, 0.717) is 10.7 Å². The topological polar surface area (TPSA) is 95.1 Å². The minimum absolute atomic E-state index is 0.210. The first-order chi connectivity index (χ1) is 8.99. The molecular weight excluding hydrogens is 293 g/mol. The second kappa shape index (κ2) is 5.29. The predicted molar refractivity (Wildman–Crippen MR) is 70.0 cm³/mol. The quantitative estimate of drug-likeness (QED) is 0.812. The molecule has 1 amide bonds. The van der Waals surface area contributed by atoms with E-state index >= 15 is 0 Å². The second-order valence-corrected chi connectivity index (χ2v) is 4.33. The Kier molecular flexibility index (Phi) is 3.73. The van der Waals surface area contributed by atoms with Gasteiger partial charge >= 0.3 is 5.97 Å². The molecule has 98 valence electrons. The van der Waals surface area contributed by atoms with E-state index in [1.165, 1.54) is 12.1 Å². The van der Waals surface area contributed by atoms with Crippen molar-refractivity contribution in [2.75, 3.05) is 5.32 Å². The molecule has 1 aromatic heterocycles. The van der Waals surface area contributed by atoms with Crippen molar-refractivity contribution in [1.29, 1.82) is 0 Å². The summed E-state index contributed by atoms with van der Waals surface area (Å²) in [5.41, 5.74) is -0.102. The van der Waals surface area contributed by atoms with Crippen molar-refractivity contribution in [3.05, 3.63) is 46.0 Å². The average Bonchev–Trinajstić information content (AvgIpc) is 2.83. The van der Waals surface area contributed by atoms with Gasteiger partial charge in [-0.3, -0.25) is 4.79 Å². The van der Waals surface area contributed by atoms with Gasteiger partial charge in [0.25, 0.3) is 5.91 Å². The maximum atomic E-state index is 11.9. The molecule has 0 unspecified atom stereocenters. The van der Waals surface area contributed by atoms with Crippen LogP contribution in [0.15, 0.2) is 24.5 Å². The number of amides is 1. The highest BCUT2D eigenvalue weighted by Gasteiger charge is 2.19. The summed E-state index contributed by atoms with van der Waals surface area (Å²) in [7, 11) is 0. The number of aromatic amines is 1. The van der Waals surface area contributed by atoms with E-state index in [0.717, 1.165) is 6.33 Å². The summed E-state index contributed by atoms with van der Waals surface area (Å²) in [4.78, 5) is 28.8. The summed E-state index contributed by atoms with van der Waals surface area (Å²) < 4.78 is 0. The minimum Gasteiger partial charge on any atom is -0.477 e. The highest BCUT2D eigenvalue weighted by molar-refractivity contribution is 6.42. The summed E-state index contributed by atoms with van der Waals surface area (Å²) in [5, 5.41) is 12.0. The number of anilines is 1. The van der Waals surface area contributed by atoms with Crippen LogP contribution in [0, 0.1) is 0 Å². The van der Waals surface area contributed by atoms with Gasteiger partial charge in [-0.25, -0.2) is 9.78 Å². The standard InChI is InChI=1S/C11H7Cl2N3O3/c12-6-2-1-5(3-7(6)13)16-10(17)8-9(11(18)19)15-4-14-8/h1-4H,(H,14,15)(H,16,17)(H,18,19). The highest BCUT2D eigenvalue weighted by atomic mass is 35.5. The van der Waals surface area contributed by atoms with E-state index < -0.39 is 11.9 Å². The van der Waals surface area contributed by atoms with Gasteiger partial charge in [-0.05, 0) is 18.2 Å². The van der Waals surface area contributed by atoms with Crippen molar-refractivity contribution < 1.29 is 14.7 Å². The number of nitrogens with one attached hydrogen (secondary N) is 2. The van der Waals surface area contributed by atoms with Gasteiger partial charge in [0.05, 0.1) is 16.4 Å². The zero-order valence-electron chi connectivity index (χ0n) is 9.28. The first-order valence-electron chi connectivity index (χ1n) is 5.02. The lowest BCUT2D eigenvalue weighted by molar-refractivity contribution is 0.0686. The number of aromatic carboxylic acids is 1. The van der Waals surface area contributed by atoms with Crippen LogP contribution in [0.3, 0.4) is 0 Å². The van der Waals surface area contributed by atoms with E-state index in [2.05, 4.69) is 15.3 Å². The van der Waals surface area contributed by atoms with Gasteiger partial charge in [-0.1, -0.05) is 23.2 Å². The molecule has 1 heterocycles. The highest BCUT2D eigenvalue weighted by Crippen LogP contribution is 2.25. The van der Waals surface area contributed by atoms with Crippen molar-refractivity contribution in [3.8, 4) is 0 Å². The van der Waals surface area contributed by atoms with Crippen LogP contribution in [0.5, 0.6) is 0 Å². The Morgan fingerprint density at radius 1 is 1.26 bits per heavy atom. The van der Waals surface area contributed by atoms with Crippen LogP contribution < -0.4 is 5.32 Å². The average molecular weight is 300 g/mol. The van der Waals surface area contributed by atoms with Gasteiger partial charge in [0.1, 0.15) is 0 Å². The Bertz CT molecular complexity index is 654. The number of imidazole rings is 1. The SMILES string of the molecule is O=C(Nc1ccc(Cl)c(Cl)c1)c1nc[nH]c1C(=O)O. The number of nitrogens with zero attached hydrogens (tertiary/aromatic N) is 1. The Balaban J connectivity index is 2.23. The molecule has 0 atom stereocenters. The fourth-order valence-electron chi connectivity index (χ4n) is 1.39. The molecule has 2 rings (SSSR count). The maximum Gasteiger partial charge on any atom is 0.354 e. The van der Waals surface area contributed by atoms with Gasteiger partial charge in [-0.15, -0.1) is 0 Å². The van der Waals surface area contributed by atoms with Crippen molar-refractivity contribution in [2.24, 2.45) is 0 Å². The first-order valence-corrected chi connectivity index (χ1v) is 5.77. The zero-order valence-corrected chi connectivity index (χ0v) is 10.8. The van der Waals surface area contributed by atoms with E-state index in [4.69, 9.17) is 28.3 Å². The number of H-pyrrole nitrogens is 1. The number of carboxylic acid groups (broad SMARTS) is 1. The molecule has 2 aromatic rings. The van der Waals surface area contributed by atoms with Gasteiger partial charge in [0.15, 0.2) is 11.4 Å². The van der Waals surface area contributed by atoms with Gasteiger partial charge in [0.2, 0.25) is 0 Å². The number of carbonyl (C=O) groups is 2. The third kappa shape index (κ3) is 2.86. The predicted octanol–water partition coefficient (Wildman–Crippen LogP) is 2.67. The first kappa shape index (κ1) is 13.4. The number of hydrogen-bond acceptors (Lipinski definition) is 3. The van der Waals surface area contributed by atoms with Crippen molar-refractivity contribution in [3.63, 3.8) is 0 Å². The van der Waals surface area contributed by atoms with Gasteiger partial charge < -0.3 is 15.4 Å². The maximum absolute atomic E-state index is 11.9. The second-order valence-electron chi connectivity index (χ2n) is 3.51. The van der Waals surface area contributed by atoms with Gasteiger partial charge in [0, 0.05) is 5.69 Å². The molecule has 3 N–H and O–H groups in total. The third-order valence-electron chi connectivity index (χ3n) is 2.25. The van der Waals surface area contributed by atoms with Crippen LogP contribution in [-0.4, -0.2) is 27.0 Å². The van der Waals surface area contributed by atoms with Crippen molar-refractivity contribution in [2.45, 2.75) is 0 Å². The Hall–Kier alpha value is -2.05. The molecule has 0 aliphatic rings. The monoisotopic (exact) mass is 299 g/mol. The van der Waals surface area contributed by atoms with E-state index in [1.54, 1.807) is 6.07 Å². The molecule has 0 spiro atoms.